The number of rotatable bonds is 7. The standard InChI is InChI=1S/C20H36N2O12/c1-19(29)4-8(24)12(21)16(33-19)15(27)11-7-31-18(28)20(32-11)5-9(25)13(22-2)17(34-20)14(26)10(6-23)30-3/h8-17,22-27,29H,4-7,21H2,1-3H3/t8?,9?,10-,11?,12?,13?,14-,15-,16?,17?,19?,20?/m1/s1. The van der Waals surface area contributed by atoms with Crippen LogP contribution in [0.3, 0.4) is 0 Å². The molecule has 0 amide bonds. The topological polar surface area (TPSA) is 223 Å². The Morgan fingerprint density at radius 2 is 1.85 bits per heavy atom. The highest BCUT2D eigenvalue weighted by atomic mass is 16.8. The van der Waals surface area contributed by atoms with Crippen LogP contribution in [-0.4, -0.2) is 136 Å². The van der Waals surface area contributed by atoms with Crippen molar-refractivity contribution in [2.45, 2.75) is 92.3 Å². The SMILES string of the molecule is CNC1C(O)CC2(OC([C@@H](O)C3OC(C)(O)CC(O)C3N)COC2=O)OC1[C@H](O)[C@@H](CO)OC. The average molecular weight is 497 g/mol. The van der Waals surface area contributed by atoms with Gasteiger partial charge in [0.05, 0.1) is 30.9 Å². The van der Waals surface area contributed by atoms with Crippen LogP contribution < -0.4 is 11.1 Å². The van der Waals surface area contributed by atoms with Crippen molar-refractivity contribution in [2.24, 2.45) is 5.73 Å². The molecule has 34 heavy (non-hydrogen) atoms. The first-order valence-electron chi connectivity index (χ1n) is 11.1. The average Bonchev–Trinajstić information content (AvgIpc) is 2.77. The van der Waals surface area contributed by atoms with Gasteiger partial charge in [0.25, 0.3) is 5.79 Å². The van der Waals surface area contributed by atoms with Crippen molar-refractivity contribution < 1.29 is 59.1 Å². The molecule has 0 aliphatic carbocycles. The summed E-state index contributed by atoms with van der Waals surface area (Å²) in [5.74, 6) is -4.97. The monoisotopic (exact) mass is 496 g/mol. The van der Waals surface area contributed by atoms with Crippen molar-refractivity contribution in [1.29, 1.82) is 0 Å². The normalized spacial score (nSPS) is 46.1. The molecule has 0 aromatic heterocycles. The molecule has 9 N–H and O–H groups in total. The van der Waals surface area contributed by atoms with Gasteiger partial charge in [-0.05, 0) is 14.0 Å². The van der Waals surface area contributed by atoms with Crippen LogP contribution in [0.1, 0.15) is 19.8 Å². The van der Waals surface area contributed by atoms with Gasteiger partial charge in [0, 0.05) is 20.0 Å². The highest BCUT2D eigenvalue weighted by Gasteiger charge is 2.60. The van der Waals surface area contributed by atoms with E-state index in [-0.39, 0.29) is 6.42 Å². The van der Waals surface area contributed by atoms with Gasteiger partial charge in [-0.3, -0.25) is 0 Å². The van der Waals surface area contributed by atoms with Gasteiger partial charge in [0.15, 0.2) is 5.79 Å². The second kappa shape index (κ2) is 10.5. The predicted molar refractivity (Wildman–Crippen MR) is 111 cm³/mol. The third-order valence-electron chi connectivity index (χ3n) is 6.66. The molecule has 0 radical (unpaired) electrons. The molecular weight excluding hydrogens is 460 g/mol. The van der Waals surface area contributed by atoms with E-state index in [4.69, 9.17) is 29.4 Å². The Morgan fingerprint density at radius 1 is 1.18 bits per heavy atom. The number of nitrogens with two attached hydrogens (primary N) is 1. The molecule has 3 aliphatic heterocycles. The van der Waals surface area contributed by atoms with Gasteiger partial charge in [-0.1, -0.05) is 0 Å². The summed E-state index contributed by atoms with van der Waals surface area (Å²) in [5.41, 5.74) is 5.97. The second-order valence-electron chi connectivity index (χ2n) is 9.22. The zero-order valence-corrected chi connectivity index (χ0v) is 19.3. The van der Waals surface area contributed by atoms with Crippen molar-refractivity contribution in [3.05, 3.63) is 0 Å². The molecule has 9 unspecified atom stereocenters. The number of aliphatic hydroxyl groups is 6. The summed E-state index contributed by atoms with van der Waals surface area (Å²) in [6.45, 7) is 0.317. The fourth-order valence-corrected chi connectivity index (χ4v) is 4.78. The van der Waals surface area contributed by atoms with Crippen molar-refractivity contribution in [2.75, 3.05) is 27.4 Å². The molecule has 12 atom stereocenters. The number of hydrogen-bond donors (Lipinski definition) is 8. The number of ether oxygens (including phenoxy) is 5. The lowest BCUT2D eigenvalue weighted by atomic mass is 9.87. The molecule has 0 aromatic carbocycles. The molecule has 3 aliphatic rings. The van der Waals surface area contributed by atoms with Crippen LogP contribution in [0, 0.1) is 0 Å². The van der Waals surface area contributed by atoms with Crippen LogP contribution in [0.15, 0.2) is 0 Å². The lowest BCUT2D eigenvalue weighted by Gasteiger charge is -2.51. The van der Waals surface area contributed by atoms with Crippen LogP contribution in [0.2, 0.25) is 0 Å². The van der Waals surface area contributed by atoms with Crippen LogP contribution in [0.25, 0.3) is 0 Å². The Hall–Kier alpha value is -1.01. The van der Waals surface area contributed by atoms with E-state index < -0.39 is 98.1 Å². The molecule has 198 valence electrons. The molecule has 0 aromatic rings. The van der Waals surface area contributed by atoms with E-state index in [2.05, 4.69) is 5.32 Å². The van der Waals surface area contributed by atoms with E-state index in [1.165, 1.54) is 21.1 Å². The van der Waals surface area contributed by atoms with Gasteiger partial charge in [-0.2, -0.15) is 0 Å². The third-order valence-corrected chi connectivity index (χ3v) is 6.66. The first-order valence-corrected chi connectivity index (χ1v) is 11.1. The van der Waals surface area contributed by atoms with Crippen LogP contribution in [0.5, 0.6) is 0 Å². The van der Waals surface area contributed by atoms with Crippen LogP contribution >= 0.6 is 0 Å². The molecule has 3 saturated heterocycles. The largest absolute Gasteiger partial charge is 0.459 e. The van der Waals surface area contributed by atoms with E-state index in [0.717, 1.165) is 0 Å². The Labute approximate surface area is 196 Å². The molecule has 3 fully saturated rings. The van der Waals surface area contributed by atoms with E-state index in [1.807, 2.05) is 0 Å². The van der Waals surface area contributed by atoms with Gasteiger partial charge in [0.1, 0.15) is 43.2 Å². The molecule has 0 saturated carbocycles. The number of carbonyl (C=O) groups excluding carboxylic acids is 1. The van der Waals surface area contributed by atoms with Gasteiger partial charge < -0.3 is 65.4 Å². The molecule has 1 spiro atoms. The minimum Gasteiger partial charge on any atom is -0.459 e. The number of carbonyl (C=O) groups is 1. The molecule has 14 nitrogen and oxygen atoms in total. The quantitative estimate of drug-likeness (QED) is 0.155. The molecule has 0 bridgehead atoms. The molecular formula is C20H36N2O12. The summed E-state index contributed by atoms with van der Waals surface area (Å²) in [5, 5.41) is 65.2. The summed E-state index contributed by atoms with van der Waals surface area (Å²) < 4.78 is 27.4. The van der Waals surface area contributed by atoms with Crippen LogP contribution in [-0.2, 0) is 28.5 Å². The van der Waals surface area contributed by atoms with E-state index >= 15 is 0 Å². The van der Waals surface area contributed by atoms with Gasteiger partial charge in [-0.15, -0.1) is 0 Å². The minimum absolute atomic E-state index is 0.173. The summed E-state index contributed by atoms with van der Waals surface area (Å²) in [7, 11) is 2.78. The van der Waals surface area contributed by atoms with Crippen molar-refractivity contribution in [1.82, 2.24) is 5.32 Å². The number of aliphatic hydroxyl groups excluding tert-OH is 5. The number of likely N-dealkylation sites (N-methyl/N-ethyl adjacent to an activating group) is 1. The second-order valence-corrected chi connectivity index (χ2v) is 9.22. The Morgan fingerprint density at radius 3 is 2.44 bits per heavy atom. The summed E-state index contributed by atoms with van der Waals surface area (Å²) in [6, 6.07) is -1.95. The lowest BCUT2D eigenvalue weighted by molar-refractivity contribution is -0.359. The smallest absolute Gasteiger partial charge is 0.367 e. The third kappa shape index (κ3) is 5.23. The number of methoxy groups -OCH3 is 1. The Bertz CT molecular complexity index is 709. The molecule has 3 heterocycles. The Kier molecular flexibility index (Phi) is 8.55. The highest BCUT2D eigenvalue weighted by Crippen LogP contribution is 2.39. The highest BCUT2D eigenvalue weighted by molar-refractivity contribution is 5.79. The zero-order chi connectivity index (χ0) is 25.4. The molecule has 3 rings (SSSR count). The minimum atomic E-state index is -2.21. The van der Waals surface area contributed by atoms with Crippen molar-refractivity contribution in [3.63, 3.8) is 0 Å². The zero-order valence-electron chi connectivity index (χ0n) is 19.3. The van der Waals surface area contributed by atoms with Gasteiger partial charge in [-0.25, -0.2) is 4.79 Å². The van der Waals surface area contributed by atoms with Crippen LogP contribution in [0.4, 0.5) is 0 Å². The first kappa shape index (κ1) is 27.6. The number of esters is 1. The maximum Gasteiger partial charge on any atom is 0.367 e. The van der Waals surface area contributed by atoms with Gasteiger partial charge in [0.2, 0.25) is 0 Å². The van der Waals surface area contributed by atoms with E-state index in [0.29, 0.717) is 0 Å². The Balaban J connectivity index is 1.85. The fourth-order valence-electron chi connectivity index (χ4n) is 4.78. The first-order chi connectivity index (χ1) is 15.9. The summed E-state index contributed by atoms with van der Waals surface area (Å²) in [4.78, 5) is 12.8. The summed E-state index contributed by atoms with van der Waals surface area (Å²) in [6.07, 6.45) is -11.0. The van der Waals surface area contributed by atoms with E-state index in [1.54, 1.807) is 0 Å². The van der Waals surface area contributed by atoms with E-state index in [9.17, 15) is 35.4 Å². The number of hydrogen-bond acceptors (Lipinski definition) is 14. The van der Waals surface area contributed by atoms with Crippen molar-refractivity contribution >= 4 is 5.97 Å². The number of cyclic esters (lactones) is 1. The van der Waals surface area contributed by atoms with Crippen molar-refractivity contribution in [3.8, 4) is 0 Å². The number of nitrogens with one attached hydrogen (secondary N) is 1. The molecule has 14 heteroatoms. The maximum atomic E-state index is 12.8. The lowest BCUT2D eigenvalue weighted by Crippen LogP contribution is -2.71. The maximum absolute atomic E-state index is 12.8. The fraction of sp³-hybridized carbons (Fsp3) is 0.950. The summed E-state index contributed by atoms with van der Waals surface area (Å²) >= 11 is 0. The predicted octanol–water partition coefficient (Wildman–Crippen LogP) is -4.72. The van der Waals surface area contributed by atoms with Gasteiger partial charge >= 0.3 is 5.97 Å².